The van der Waals surface area contributed by atoms with E-state index in [1.165, 1.54) is 6.07 Å². The van der Waals surface area contributed by atoms with Gasteiger partial charge < -0.3 is 0 Å². The lowest BCUT2D eigenvalue weighted by atomic mass is 10.2. The zero-order valence-electron chi connectivity index (χ0n) is 6.75. The number of hydrogen-bond acceptors (Lipinski definition) is 3. The second-order valence-electron chi connectivity index (χ2n) is 2.54. The monoisotopic (exact) mass is 198 g/mol. The van der Waals surface area contributed by atoms with Gasteiger partial charge in [0, 0.05) is 0 Å². The molecule has 4 nitrogen and oxygen atoms in total. The maximum atomic E-state index is 13.1. The molecule has 72 valence electrons. The fourth-order valence-electron chi connectivity index (χ4n) is 1.06. The van der Waals surface area contributed by atoms with Gasteiger partial charge in [-0.2, -0.15) is 0 Å². The maximum absolute atomic E-state index is 13.1. The van der Waals surface area contributed by atoms with Crippen molar-refractivity contribution in [1.82, 2.24) is 10.1 Å². The minimum atomic E-state index is -0.859. The fraction of sp³-hybridized carbons (Fsp3) is 0. The summed E-state index contributed by atoms with van der Waals surface area (Å²) in [7, 11) is 0. The summed E-state index contributed by atoms with van der Waals surface area (Å²) in [5, 5.41) is 3.18. The topological polar surface area (TPSA) is 58.9 Å². The van der Waals surface area contributed by atoms with Gasteiger partial charge in [-0.25, -0.2) is 13.6 Å². The molecule has 14 heavy (non-hydrogen) atoms. The summed E-state index contributed by atoms with van der Waals surface area (Å²) < 4.78 is 30.3. The molecule has 1 aromatic carbocycles. The third-order valence-electron chi connectivity index (χ3n) is 1.64. The first-order valence-electron chi connectivity index (χ1n) is 3.69. The molecule has 0 unspecified atom stereocenters. The number of nitrogens with zero attached hydrogens (tertiary/aromatic N) is 1. The van der Waals surface area contributed by atoms with Crippen LogP contribution in [0, 0.1) is 11.6 Å². The van der Waals surface area contributed by atoms with Crippen molar-refractivity contribution in [3.05, 3.63) is 40.4 Å². The summed E-state index contributed by atoms with van der Waals surface area (Å²) >= 11 is 0. The molecule has 0 aliphatic heterocycles. The normalized spacial score (nSPS) is 10.4. The highest BCUT2D eigenvalue weighted by Crippen LogP contribution is 2.21. The molecular formula is C8H4F2N2O2. The first-order chi connectivity index (χ1) is 6.68. The molecule has 0 fully saturated rings. The quantitative estimate of drug-likeness (QED) is 0.751. The van der Waals surface area contributed by atoms with Crippen LogP contribution >= 0.6 is 0 Å². The first-order valence-corrected chi connectivity index (χ1v) is 3.69. The minimum absolute atomic E-state index is 0.259. The molecule has 1 heterocycles. The van der Waals surface area contributed by atoms with Crippen LogP contribution in [0.5, 0.6) is 0 Å². The van der Waals surface area contributed by atoms with Crippen LogP contribution < -0.4 is 5.76 Å². The van der Waals surface area contributed by atoms with E-state index in [0.29, 0.717) is 0 Å². The van der Waals surface area contributed by atoms with Crippen LogP contribution in [0.1, 0.15) is 0 Å². The molecule has 6 heteroatoms. The van der Waals surface area contributed by atoms with Crippen molar-refractivity contribution in [3.8, 4) is 11.4 Å². The lowest BCUT2D eigenvalue weighted by molar-refractivity contribution is 0.387. The zero-order valence-corrected chi connectivity index (χ0v) is 6.75. The van der Waals surface area contributed by atoms with E-state index in [-0.39, 0.29) is 5.82 Å². The molecule has 2 rings (SSSR count). The average Bonchev–Trinajstić information content (AvgIpc) is 2.51. The molecule has 0 radical (unpaired) electrons. The highest BCUT2D eigenvalue weighted by Gasteiger charge is 2.14. The largest absolute Gasteiger partial charge is 0.439 e. The summed E-state index contributed by atoms with van der Waals surface area (Å²) in [5.74, 6) is -2.74. The van der Waals surface area contributed by atoms with Gasteiger partial charge in [0.15, 0.2) is 5.82 Å². The van der Waals surface area contributed by atoms with Gasteiger partial charge in [-0.3, -0.25) is 9.51 Å². The number of H-pyrrole nitrogens is 1. The van der Waals surface area contributed by atoms with Gasteiger partial charge in [-0.05, 0) is 12.1 Å². The van der Waals surface area contributed by atoms with Crippen LogP contribution in [0.3, 0.4) is 0 Å². The molecule has 0 bridgehead atoms. The molecule has 0 saturated carbocycles. The van der Waals surface area contributed by atoms with E-state index in [0.717, 1.165) is 12.1 Å². The molecule has 0 saturated heterocycles. The van der Waals surface area contributed by atoms with E-state index in [2.05, 4.69) is 14.7 Å². The van der Waals surface area contributed by atoms with Crippen molar-refractivity contribution in [3.63, 3.8) is 0 Å². The standard InChI is InChI=1S/C8H4F2N2O2/c9-4-2-1-3-5(10)6(4)7-11-8(13)14-12-7/h1-3H,(H,11,12,13). The van der Waals surface area contributed by atoms with E-state index < -0.39 is 23.0 Å². The highest BCUT2D eigenvalue weighted by molar-refractivity contribution is 5.55. The predicted molar refractivity (Wildman–Crippen MR) is 42.5 cm³/mol. The van der Waals surface area contributed by atoms with Crippen molar-refractivity contribution in [2.24, 2.45) is 0 Å². The Labute approximate surface area is 76.2 Å². The summed E-state index contributed by atoms with van der Waals surface area (Å²) in [4.78, 5) is 12.6. The number of nitrogens with one attached hydrogen (secondary N) is 1. The first kappa shape index (κ1) is 8.61. The molecule has 1 aromatic heterocycles. The maximum Gasteiger partial charge on any atom is 0.439 e. The van der Waals surface area contributed by atoms with Gasteiger partial charge in [0.1, 0.15) is 11.6 Å². The van der Waals surface area contributed by atoms with E-state index in [1.54, 1.807) is 0 Å². The SMILES string of the molecule is O=c1[nH]c(-c2c(F)cccc2F)no1. The van der Waals surface area contributed by atoms with Crippen molar-refractivity contribution in [2.75, 3.05) is 0 Å². The van der Waals surface area contributed by atoms with Gasteiger partial charge in [-0.1, -0.05) is 11.2 Å². The Bertz CT molecular complexity index is 498. The number of aromatic amines is 1. The van der Waals surface area contributed by atoms with Crippen LogP contribution in [0.4, 0.5) is 8.78 Å². The Morgan fingerprint density at radius 3 is 2.43 bits per heavy atom. The summed E-state index contributed by atoms with van der Waals surface area (Å²) in [6.07, 6.45) is 0. The number of benzene rings is 1. The molecule has 1 N–H and O–H groups in total. The lowest BCUT2D eigenvalue weighted by Crippen LogP contribution is -1.97. The highest BCUT2D eigenvalue weighted by atomic mass is 19.1. The van der Waals surface area contributed by atoms with Crippen LogP contribution in [0.2, 0.25) is 0 Å². The van der Waals surface area contributed by atoms with E-state index in [1.807, 2.05) is 0 Å². The third kappa shape index (κ3) is 1.30. The summed E-state index contributed by atoms with van der Waals surface area (Å²) in [6, 6.07) is 3.34. The lowest BCUT2D eigenvalue weighted by Gasteiger charge is -1.98. The van der Waals surface area contributed by atoms with Gasteiger partial charge in [0.05, 0.1) is 5.56 Å². The van der Waals surface area contributed by atoms with Gasteiger partial charge in [0.2, 0.25) is 0 Å². The average molecular weight is 198 g/mol. The van der Waals surface area contributed by atoms with Crippen molar-refractivity contribution in [1.29, 1.82) is 0 Å². The Morgan fingerprint density at radius 1 is 1.29 bits per heavy atom. The molecule has 0 spiro atoms. The number of aromatic nitrogens is 2. The minimum Gasteiger partial charge on any atom is -0.296 e. The number of hydrogen-bond donors (Lipinski definition) is 1. The summed E-state index contributed by atoms with van der Waals surface area (Å²) in [5.41, 5.74) is -0.404. The van der Waals surface area contributed by atoms with Crippen LogP contribution in [0.25, 0.3) is 11.4 Å². The second-order valence-corrected chi connectivity index (χ2v) is 2.54. The number of halogens is 2. The van der Waals surface area contributed by atoms with E-state index in [9.17, 15) is 13.6 Å². The molecule has 0 aliphatic rings. The molecule has 0 atom stereocenters. The molecule has 0 amide bonds. The van der Waals surface area contributed by atoms with Crippen LogP contribution in [0.15, 0.2) is 27.5 Å². The van der Waals surface area contributed by atoms with E-state index in [4.69, 9.17) is 0 Å². The van der Waals surface area contributed by atoms with Crippen molar-refractivity contribution < 1.29 is 13.3 Å². The van der Waals surface area contributed by atoms with Gasteiger partial charge >= 0.3 is 5.76 Å². The van der Waals surface area contributed by atoms with Crippen LogP contribution in [-0.4, -0.2) is 10.1 Å². The predicted octanol–water partition coefficient (Wildman–Crippen LogP) is 1.31. The Morgan fingerprint density at radius 2 is 1.93 bits per heavy atom. The number of rotatable bonds is 1. The fourth-order valence-corrected chi connectivity index (χ4v) is 1.06. The van der Waals surface area contributed by atoms with E-state index >= 15 is 0 Å². The van der Waals surface area contributed by atoms with Crippen LogP contribution in [-0.2, 0) is 0 Å². The molecule has 2 aromatic rings. The van der Waals surface area contributed by atoms with Gasteiger partial charge in [-0.15, -0.1) is 0 Å². The zero-order chi connectivity index (χ0) is 10.1. The summed E-state index contributed by atoms with van der Waals surface area (Å²) in [6.45, 7) is 0. The molecule has 0 aliphatic carbocycles. The van der Waals surface area contributed by atoms with Crippen molar-refractivity contribution in [2.45, 2.75) is 0 Å². The third-order valence-corrected chi connectivity index (χ3v) is 1.64. The Hall–Kier alpha value is -1.98. The second kappa shape index (κ2) is 3.06. The Kier molecular flexibility index (Phi) is 1.88. The Balaban J connectivity index is 2.67. The molecular weight excluding hydrogens is 194 g/mol. The van der Waals surface area contributed by atoms with Gasteiger partial charge in [0.25, 0.3) is 0 Å². The van der Waals surface area contributed by atoms with Crippen molar-refractivity contribution >= 4 is 0 Å². The smallest absolute Gasteiger partial charge is 0.296 e.